The second-order valence-electron chi connectivity index (χ2n) is 6.28. The second-order valence-corrected chi connectivity index (χ2v) is 6.28. The third-order valence-corrected chi connectivity index (χ3v) is 4.54. The zero-order valence-corrected chi connectivity index (χ0v) is 15.5. The average Bonchev–Trinajstić information content (AvgIpc) is 3.00. The molecule has 0 bridgehead atoms. The summed E-state index contributed by atoms with van der Waals surface area (Å²) in [5.41, 5.74) is 3.20. The van der Waals surface area contributed by atoms with E-state index in [4.69, 9.17) is 0 Å². The van der Waals surface area contributed by atoms with Gasteiger partial charge in [0.2, 0.25) is 0 Å². The first-order valence-electron chi connectivity index (χ1n) is 8.98. The molecule has 4 heteroatoms. The van der Waals surface area contributed by atoms with Crippen LogP contribution in [0.4, 0.5) is 5.69 Å². The molecule has 0 radical (unpaired) electrons. The molecule has 1 aliphatic rings. The van der Waals surface area contributed by atoms with E-state index < -0.39 is 0 Å². The van der Waals surface area contributed by atoms with Crippen molar-refractivity contribution in [2.45, 2.75) is 47.1 Å². The summed E-state index contributed by atoms with van der Waals surface area (Å²) < 4.78 is 2.05. The van der Waals surface area contributed by atoms with E-state index >= 15 is 0 Å². The van der Waals surface area contributed by atoms with Gasteiger partial charge in [0, 0.05) is 36.5 Å². The van der Waals surface area contributed by atoms with Crippen LogP contribution in [-0.4, -0.2) is 28.7 Å². The Bertz CT molecular complexity index is 654. The summed E-state index contributed by atoms with van der Waals surface area (Å²) in [4.78, 5) is 14.5. The van der Waals surface area contributed by atoms with E-state index in [2.05, 4.69) is 35.3 Å². The lowest BCUT2D eigenvalue weighted by Gasteiger charge is -2.41. The number of rotatable bonds is 5. The largest absolute Gasteiger partial charge is 0.367 e. The number of aryl methyl sites for hydroxylation is 1. The molecule has 24 heavy (non-hydrogen) atoms. The molecular formula is C20H29N3O. The lowest BCUT2D eigenvalue weighted by molar-refractivity contribution is 0.0927. The maximum absolute atomic E-state index is 12.2. The molecule has 1 aromatic heterocycles. The van der Waals surface area contributed by atoms with Gasteiger partial charge >= 0.3 is 0 Å². The fraction of sp³-hybridized carbons (Fsp3) is 0.500. The van der Waals surface area contributed by atoms with Gasteiger partial charge in [-0.1, -0.05) is 27.7 Å². The third-order valence-electron chi connectivity index (χ3n) is 4.54. The normalized spacial score (nSPS) is 15.3. The first-order valence-corrected chi connectivity index (χ1v) is 8.98. The molecule has 0 aliphatic carbocycles. The molecule has 1 aliphatic heterocycles. The first kappa shape index (κ1) is 18.2. The van der Waals surface area contributed by atoms with E-state index in [1.165, 1.54) is 11.3 Å². The van der Waals surface area contributed by atoms with Crippen LogP contribution < -0.4 is 4.90 Å². The first-order chi connectivity index (χ1) is 11.6. The number of hydrogen-bond donors (Lipinski definition) is 0. The maximum Gasteiger partial charge on any atom is 0.165 e. The SMILES string of the molecule is CC.CCC(C)C(=O)c1ccc(N2CC(n3cc(C)cn3)C2)cc1. The van der Waals surface area contributed by atoms with Gasteiger partial charge in [-0.25, -0.2) is 0 Å². The lowest BCUT2D eigenvalue weighted by atomic mass is 9.96. The third kappa shape index (κ3) is 3.86. The number of hydrogen-bond acceptors (Lipinski definition) is 3. The molecule has 2 heterocycles. The Kier molecular flexibility index (Phi) is 6.18. The maximum atomic E-state index is 12.2. The molecule has 0 saturated carbocycles. The van der Waals surface area contributed by atoms with Crippen LogP contribution in [0.25, 0.3) is 0 Å². The second kappa shape index (κ2) is 8.13. The molecule has 1 saturated heterocycles. The molecule has 1 atom stereocenters. The predicted molar refractivity (Wildman–Crippen MR) is 99.8 cm³/mol. The minimum Gasteiger partial charge on any atom is -0.367 e. The lowest BCUT2D eigenvalue weighted by Crippen LogP contribution is -2.48. The molecule has 1 aromatic carbocycles. The van der Waals surface area contributed by atoms with Crippen LogP contribution >= 0.6 is 0 Å². The van der Waals surface area contributed by atoms with Crippen molar-refractivity contribution in [2.75, 3.05) is 18.0 Å². The van der Waals surface area contributed by atoms with Gasteiger partial charge in [-0.05, 0) is 43.2 Å². The highest BCUT2D eigenvalue weighted by atomic mass is 16.1. The summed E-state index contributed by atoms with van der Waals surface area (Å²) in [6, 6.07) is 8.47. The van der Waals surface area contributed by atoms with Gasteiger partial charge in [-0.15, -0.1) is 0 Å². The topological polar surface area (TPSA) is 38.1 Å². The fourth-order valence-corrected chi connectivity index (χ4v) is 2.77. The summed E-state index contributed by atoms with van der Waals surface area (Å²) in [6.07, 6.45) is 4.88. The van der Waals surface area contributed by atoms with Crippen molar-refractivity contribution in [3.8, 4) is 0 Å². The van der Waals surface area contributed by atoms with Gasteiger partial charge < -0.3 is 4.90 Å². The summed E-state index contributed by atoms with van der Waals surface area (Å²) in [7, 11) is 0. The molecule has 0 amide bonds. The predicted octanol–water partition coefficient (Wildman–Crippen LogP) is 4.51. The zero-order chi connectivity index (χ0) is 17.7. The fourth-order valence-electron chi connectivity index (χ4n) is 2.77. The highest BCUT2D eigenvalue weighted by molar-refractivity contribution is 5.97. The number of carbonyl (C=O) groups excluding carboxylic acids is 1. The van der Waals surface area contributed by atoms with Crippen molar-refractivity contribution < 1.29 is 4.79 Å². The Labute approximate surface area is 145 Å². The average molecular weight is 327 g/mol. The van der Waals surface area contributed by atoms with Crippen LogP contribution in [0, 0.1) is 12.8 Å². The van der Waals surface area contributed by atoms with E-state index in [0.29, 0.717) is 6.04 Å². The van der Waals surface area contributed by atoms with Crippen molar-refractivity contribution in [3.63, 3.8) is 0 Å². The molecule has 4 nitrogen and oxygen atoms in total. The number of aromatic nitrogens is 2. The van der Waals surface area contributed by atoms with E-state index in [0.717, 1.165) is 25.1 Å². The van der Waals surface area contributed by atoms with Crippen LogP contribution in [0.5, 0.6) is 0 Å². The van der Waals surface area contributed by atoms with Crippen molar-refractivity contribution in [2.24, 2.45) is 5.92 Å². The Balaban J connectivity index is 0.00000100. The van der Waals surface area contributed by atoms with E-state index in [9.17, 15) is 4.79 Å². The van der Waals surface area contributed by atoms with Gasteiger partial charge in [0.1, 0.15) is 0 Å². The van der Waals surface area contributed by atoms with Crippen molar-refractivity contribution in [1.82, 2.24) is 9.78 Å². The molecular weight excluding hydrogens is 298 g/mol. The molecule has 2 aromatic rings. The molecule has 1 fully saturated rings. The number of Topliss-reactive ketones (excluding diaryl/α,β-unsaturated/α-hetero) is 1. The van der Waals surface area contributed by atoms with Crippen molar-refractivity contribution in [1.29, 1.82) is 0 Å². The summed E-state index contributed by atoms with van der Waals surface area (Å²) in [5.74, 6) is 0.338. The van der Waals surface area contributed by atoms with Gasteiger partial charge in [0.15, 0.2) is 5.78 Å². The van der Waals surface area contributed by atoms with Crippen LogP contribution in [0.3, 0.4) is 0 Å². The quantitative estimate of drug-likeness (QED) is 0.759. The van der Waals surface area contributed by atoms with Crippen molar-refractivity contribution >= 4 is 11.5 Å². The van der Waals surface area contributed by atoms with Crippen LogP contribution in [0.2, 0.25) is 0 Å². The molecule has 1 unspecified atom stereocenters. The number of anilines is 1. The highest BCUT2D eigenvalue weighted by Gasteiger charge is 2.28. The highest BCUT2D eigenvalue weighted by Crippen LogP contribution is 2.28. The molecule has 0 N–H and O–H groups in total. The number of benzene rings is 1. The Morgan fingerprint density at radius 2 is 1.88 bits per heavy atom. The standard InChI is InChI=1S/C18H23N3O.C2H6/c1-4-14(3)18(22)15-5-7-16(8-6-15)20-11-17(12-20)21-10-13(2)9-19-21;1-2/h5-10,14,17H,4,11-12H2,1-3H3;1-2H3. The Hall–Kier alpha value is -2.10. The molecule has 3 rings (SSSR count). The van der Waals surface area contributed by atoms with Gasteiger partial charge in [0.05, 0.1) is 12.2 Å². The summed E-state index contributed by atoms with van der Waals surface area (Å²) in [6.45, 7) is 12.0. The zero-order valence-electron chi connectivity index (χ0n) is 15.5. The van der Waals surface area contributed by atoms with Crippen LogP contribution in [0.15, 0.2) is 36.7 Å². The number of carbonyl (C=O) groups is 1. The number of nitrogens with zero attached hydrogens (tertiary/aromatic N) is 3. The van der Waals surface area contributed by atoms with Crippen molar-refractivity contribution in [3.05, 3.63) is 47.8 Å². The monoisotopic (exact) mass is 327 g/mol. The van der Waals surface area contributed by atoms with E-state index in [-0.39, 0.29) is 11.7 Å². The smallest absolute Gasteiger partial charge is 0.165 e. The van der Waals surface area contributed by atoms with Gasteiger partial charge in [-0.3, -0.25) is 9.48 Å². The van der Waals surface area contributed by atoms with E-state index in [1.54, 1.807) is 0 Å². The minimum absolute atomic E-state index is 0.0993. The van der Waals surface area contributed by atoms with E-state index in [1.807, 2.05) is 50.7 Å². The Morgan fingerprint density at radius 3 is 2.38 bits per heavy atom. The Morgan fingerprint density at radius 1 is 1.25 bits per heavy atom. The summed E-state index contributed by atoms with van der Waals surface area (Å²) >= 11 is 0. The molecule has 0 spiro atoms. The number of ketones is 1. The van der Waals surface area contributed by atoms with Crippen LogP contribution in [0.1, 0.15) is 56.1 Å². The van der Waals surface area contributed by atoms with Gasteiger partial charge in [0.25, 0.3) is 0 Å². The minimum atomic E-state index is 0.0993. The molecule has 130 valence electrons. The van der Waals surface area contributed by atoms with Gasteiger partial charge in [-0.2, -0.15) is 5.10 Å². The summed E-state index contributed by atoms with van der Waals surface area (Å²) in [5, 5.41) is 4.38. The van der Waals surface area contributed by atoms with Crippen LogP contribution in [-0.2, 0) is 0 Å².